The van der Waals surface area contributed by atoms with Crippen LogP contribution in [0.1, 0.15) is 55.6 Å². The average molecular weight is 1160 g/mol. The van der Waals surface area contributed by atoms with Crippen LogP contribution in [0.25, 0.3) is 11.1 Å². The van der Waals surface area contributed by atoms with Crippen LogP contribution in [0.15, 0.2) is 151 Å². The van der Waals surface area contributed by atoms with Crippen molar-refractivity contribution in [2.24, 2.45) is 0 Å². The number of benzene rings is 6. The van der Waals surface area contributed by atoms with E-state index in [0.29, 0.717) is 49.2 Å². The zero-order valence-electron chi connectivity index (χ0n) is 49.6. The summed E-state index contributed by atoms with van der Waals surface area (Å²) in [6.45, 7) is 12.5. The zero-order valence-corrected chi connectivity index (χ0v) is 50.4. The number of carbonyl (C=O) groups is 2. The van der Waals surface area contributed by atoms with Gasteiger partial charge in [-0.3, -0.25) is 19.6 Å². The number of nitrogens with zero attached hydrogens (tertiary/aromatic N) is 4. The van der Waals surface area contributed by atoms with Crippen molar-refractivity contribution in [3.05, 3.63) is 201 Å². The average Bonchev–Trinajstić information content (AvgIpc) is 3.69. The minimum Gasteiger partial charge on any atom is -0.489 e. The maximum Gasteiger partial charge on any atom is 0.351 e. The predicted octanol–water partition coefficient (Wildman–Crippen LogP) is 9.76. The van der Waals surface area contributed by atoms with Crippen LogP contribution < -0.4 is 14.2 Å². The fraction of sp³-hybridized carbons (Fsp3) is 0.306. The maximum atomic E-state index is 12.8. The first-order valence-corrected chi connectivity index (χ1v) is 29.5. The molecule has 13 heteroatoms. The molecule has 6 aromatic rings. The molecule has 0 atom stereocenters. The Bertz CT molecular complexity index is 3360. The highest BCUT2D eigenvalue weighted by Gasteiger charge is 2.16. The number of rotatable bonds is 20. The van der Waals surface area contributed by atoms with Crippen LogP contribution in [0.2, 0.25) is 0 Å². The Morgan fingerprint density at radius 3 is 1.32 bits per heavy atom. The molecule has 436 valence electrons. The lowest BCUT2D eigenvalue weighted by Crippen LogP contribution is -2.36. The van der Waals surface area contributed by atoms with Crippen molar-refractivity contribution >= 4 is 34.8 Å². The van der Waals surface area contributed by atoms with Gasteiger partial charge >= 0.3 is 11.9 Å². The molecule has 0 unspecified atom stereocenters. The first-order chi connectivity index (χ1) is 41.4. The number of ether oxygens (including phenoxy) is 6. The van der Waals surface area contributed by atoms with E-state index in [0.717, 1.165) is 124 Å². The molecule has 12 nitrogen and oxygen atoms in total. The van der Waals surface area contributed by atoms with Crippen LogP contribution in [0.3, 0.4) is 0 Å². The Labute approximate surface area is 507 Å². The lowest BCUT2D eigenvalue weighted by Gasteiger charge is -2.24. The molecule has 85 heavy (non-hydrogen) atoms. The molecular formula is C72H74N4O8S. The minimum atomic E-state index is -0.836. The van der Waals surface area contributed by atoms with E-state index < -0.39 is 25.2 Å². The van der Waals surface area contributed by atoms with Crippen molar-refractivity contribution in [3.8, 4) is 64.6 Å². The number of morpholine rings is 2. The van der Waals surface area contributed by atoms with Crippen molar-refractivity contribution in [1.82, 2.24) is 19.6 Å². The van der Waals surface area contributed by atoms with E-state index in [-0.39, 0.29) is 6.61 Å². The molecule has 2 aliphatic heterocycles. The first kappa shape index (κ1) is 62.7. The summed E-state index contributed by atoms with van der Waals surface area (Å²) in [5, 5.41) is 0. The highest BCUT2D eigenvalue weighted by molar-refractivity contribution is 7.99. The van der Waals surface area contributed by atoms with Gasteiger partial charge in [0.25, 0.3) is 0 Å². The van der Waals surface area contributed by atoms with E-state index in [1.807, 2.05) is 76.1 Å². The second-order valence-corrected chi connectivity index (χ2v) is 22.0. The molecule has 0 amide bonds. The SMILES string of the molecule is Cc1cc(OCC=C(c2ccc(C#CCN3CCOCC3)cc2)c2ccc(C#CCN3CCOCC3)cc2)ccc1OCC(=O)OC(=O)COc1ccc(SCC=C(c2ccc(C#CCN(C)C)cc2)c2ccc(C#CCN(C)C)cc2)cc1C. The Morgan fingerprint density at radius 1 is 0.506 bits per heavy atom. The van der Waals surface area contributed by atoms with Gasteiger partial charge in [0.2, 0.25) is 0 Å². The Balaban J connectivity index is 0.821. The van der Waals surface area contributed by atoms with Crippen molar-refractivity contribution in [2.75, 3.05) is 133 Å². The van der Waals surface area contributed by atoms with E-state index in [2.05, 4.69) is 166 Å². The molecule has 0 spiro atoms. The van der Waals surface area contributed by atoms with Gasteiger partial charge in [-0.25, -0.2) is 9.59 Å². The van der Waals surface area contributed by atoms with Crippen LogP contribution in [0.4, 0.5) is 0 Å². The zero-order chi connectivity index (χ0) is 59.6. The lowest BCUT2D eigenvalue weighted by atomic mass is 9.96. The van der Waals surface area contributed by atoms with Crippen molar-refractivity contribution in [1.29, 1.82) is 0 Å². The Hall–Kier alpha value is -8.31. The molecule has 0 radical (unpaired) electrons. The molecule has 2 heterocycles. The van der Waals surface area contributed by atoms with E-state index >= 15 is 0 Å². The third-order valence-electron chi connectivity index (χ3n) is 13.6. The molecule has 6 aromatic carbocycles. The number of aryl methyl sites for hydroxylation is 2. The molecule has 2 fully saturated rings. The molecule has 0 saturated carbocycles. The van der Waals surface area contributed by atoms with E-state index in [9.17, 15) is 9.59 Å². The first-order valence-electron chi connectivity index (χ1n) is 28.5. The fourth-order valence-electron chi connectivity index (χ4n) is 9.01. The van der Waals surface area contributed by atoms with Crippen molar-refractivity contribution < 1.29 is 38.0 Å². The third-order valence-corrected chi connectivity index (χ3v) is 14.5. The van der Waals surface area contributed by atoms with Crippen LogP contribution in [0.5, 0.6) is 17.2 Å². The predicted molar refractivity (Wildman–Crippen MR) is 340 cm³/mol. The molecule has 0 N–H and O–H groups in total. The van der Waals surface area contributed by atoms with Gasteiger partial charge in [-0.1, -0.05) is 102 Å². The topological polar surface area (TPSA) is 102 Å². The van der Waals surface area contributed by atoms with Gasteiger partial charge in [0.15, 0.2) is 13.2 Å². The van der Waals surface area contributed by atoms with Crippen LogP contribution in [-0.4, -0.2) is 164 Å². The largest absolute Gasteiger partial charge is 0.489 e. The molecule has 2 aliphatic rings. The molecule has 0 aromatic heterocycles. The van der Waals surface area contributed by atoms with E-state index in [1.165, 1.54) is 0 Å². The number of thioether (sulfide) groups is 1. The molecule has 0 bridgehead atoms. The van der Waals surface area contributed by atoms with Crippen molar-refractivity contribution in [3.63, 3.8) is 0 Å². The summed E-state index contributed by atoms with van der Waals surface area (Å²) in [7, 11) is 8.02. The van der Waals surface area contributed by atoms with Gasteiger partial charge in [-0.05, 0) is 178 Å². The highest BCUT2D eigenvalue weighted by atomic mass is 32.2. The highest BCUT2D eigenvalue weighted by Crippen LogP contribution is 2.31. The van der Waals surface area contributed by atoms with Crippen LogP contribution in [-0.2, 0) is 23.8 Å². The van der Waals surface area contributed by atoms with Crippen LogP contribution in [0, 0.1) is 61.2 Å². The molecule has 8 rings (SSSR count). The summed E-state index contributed by atoms with van der Waals surface area (Å²) in [5.41, 5.74) is 11.8. The summed E-state index contributed by atoms with van der Waals surface area (Å²) < 4.78 is 33.9. The van der Waals surface area contributed by atoms with Gasteiger partial charge in [0.1, 0.15) is 23.9 Å². The maximum absolute atomic E-state index is 12.8. The van der Waals surface area contributed by atoms with Gasteiger partial charge in [0.05, 0.1) is 52.6 Å². The molecule has 2 saturated heterocycles. The summed E-state index contributed by atoms with van der Waals surface area (Å²) in [5.74, 6) is 26.8. The monoisotopic (exact) mass is 1150 g/mol. The number of carbonyl (C=O) groups excluding carboxylic acids is 2. The Kier molecular flexibility index (Phi) is 24.5. The standard InChI is InChI=1S/C72H74N4O8S/c1-55-51-65(81-45-35-67(61-23-15-59(16-24-61)13-9-39-75-41-46-79-47-42-75)62-25-17-60(18-26-62)14-10-40-76-43-48-80-49-44-76)31-33-69(55)82-53-71(77)84-72(78)54-83-70-34-32-66(52-56(70)2)85-50-36-68(63-27-19-57(20-28-63)11-7-37-73(3)4)64-29-21-58(22-30-64)12-8-38-74(5)6/h15-36,51-52H,37-50,53-54H2,1-6H3. The Morgan fingerprint density at radius 2 is 0.906 bits per heavy atom. The second kappa shape index (κ2) is 33.3. The lowest BCUT2D eigenvalue weighted by molar-refractivity contribution is -0.162. The normalized spacial score (nSPS) is 13.1. The summed E-state index contributed by atoms with van der Waals surface area (Å²) in [4.78, 5) is 35.3. The number of hydrogen-bond acceptors (Lipinski definition) is 13. The number of esters is 2. The molecular weight excluding hydrogens is 1080 g/mol. The summed E-state index contributed by atoms with van der Waals surface area (Å²) in [6, 6.07) is 44.5. The van der Waals surface area contributed by atoms with Crippen LogP contribution >= 0.6 is 11.8 Å². The summed E-state index contributed by atoms with van der Waals surface area (Å²) >= 11 is 1.69. The van der Waals surface area contributed by atoms with Gasteiger partial charge in [-0.15, -0.1) is 11.8 Å². The van der Waals surface area contributed by atoms with Gasteiger partial charge < -0.3 is 28.4 Å². The van der Waals surface area contributed by atoms with Gasteiger partial charge in [-0.2, -0.15) is 0 Å². The fourth-order valence-corrected chi connectivity index (χ4v) is 9.88. The number of hydrogen-bond donors (Lipinski definition) is 0. The second-order valence-electron chi connectivity index (χ2n) is 20.9. The minimum absolute atomic E-state index is 0.283. The summed E-state index contributed by atoms with van der Waals surface area (Å²) in [6.07, 6.45) is 4.30. The molecule has 0 aliphatic carbocycles. The van der Waals surface area contributed by atoms with Gasteiger partial charge in [0, 0.05) is 59.1 Å². The van der Waals surface area contributed by atoms with E-state index in [4.69, 9.17) is 28.4 Å². The smallest absolute Gasteiger partial charge is 0.351 e. The quantitative estimate of drug-likeness (QED) is 0.0314. The van der Waals surface area contributed by atoms with Crippen molar-refractivity contribution in [2.45, 2.75) is 18.7 Å². The van der Waals surface area contributed by atoms with E-state index in [1.54, 1.807) is 23.9 Å². The third kappa shape index (κ3) is 21.1.